The minimum Gasteiger partial charge on any atom is -0.390 e. The van der Waals surface area contributed by atoms with Crippen molar-refractivity contribution in [3.8, 4) is 0 Å². The number of Topliss-reactive ketones (excluding diaryl/α,β-unsaturated/α-hetero) is 1. The van der Waals surface area contributed by atoms with Crippen LogP contribution in [0.1, 0.15) is 46.5 Å². The highest BCUT2D eigenvalue weighted by Crippen LogP contribution is 2.71. The molecule has 0 unspecified atom stereocenters. The van der Waals surface area contributed by atoms with E-state index in [1.54, 1.807) is 13.8 Å². The van der Waals surface area contributed by atoms with E-state index in [-0.39, 0.29) is 24.8 Å². The molecule has 29 heavy (non-hydrogen) atoms. The van der Waals surface area contributed by atoms with Gasteiger partial charge in [0.2, 0.25) is 5.78 Å². The number of aliphatic hydroxyl groups excluding tert-OH is 2. The first-order valence-electron chi connectivity index (χ1n) is 10.3. The lowest BCUT2D eigenvalue weighted by Gasteiger charge is -2.62. The molecular formula is C22H28F2O5. The van der Waals surface area contributed by atoms with E-state index in [9.17, 15) is 29.3 Å². The normalized spacial score (nSPS) is 51.5. The zero-order chi connectivity index (χ0) is 21.6. The second kappa shape index (κ2) is 6.05. The highest BCUT2D eigenvalue weighted by Gasteiger charge is 2.75. The molecule has 0 bridgehead atoms. The molecule has 0 radical (unpaired) electrons. The van der Waals surface area contributed by atoms with E-state index in [1.807, 2.05) is 0 Å². The minimum atomic E-state index is -2.23. The lowest BCUT2D eigenvalue weighted by atomic mass is 9.44. The number of rotatable bonds is 2. The Balaban J connectivity index is 1.86. The molecule has 0 aromatic heterocycles. The van der Waals surface area contributed by atoms with Gasteiger partial charge in [0.15, 0.2) is 17.3 Å². The highest BCUT2D eigenvalue weighted by molar-refractivity contribution is 6.04. The Morgan fingerprint density at radius 3 is 2.59 bits per heavy atom. The van der Waals surface area contributed by atoms with Crippen molar-refractivity contribution >= 4 is 11.6 Å². The smallest absolute Gasteiger partial charge is 0.213 e. The van der Waals surface area contributed by atoms with Crippen LogP contribution in [0.5, 0.6) is 0 Å². The average Bonchev–Trinajstić information content (AvgIpc) is 2.87. The second-order valence-electron chi connectivity index (χ2n) is 9.83. The summed E-state index contributed by atoms with van der Waals surface area (Å²) in [4.78, 5) is 24.3. The molecule has 4 rings (SSSR count). The molecule has 0 saturated heterocycles. The Morgan fingerprint density at radius 2 is 1.97 bits per heavy atom. The number of hydrogen-bond donors (Lipinski definition) is 3. The number of alkyl halides is 1. The SMILES string of the molecule is C[C@@H]1C[C@H]2[C@@H]3CCC4=C(F)C(=O)C=C[C@]4(C)[C@@]3(F)[C@@H](O)C[C@]2(C)[C@@]1(O)C(=O)CO. The Kier molecular flexibility index (Phi) is 4.34. The fourth-order valence-electron chi connectivity index (χ4n) is 7.34. The van der Waals surface area contributed by atoms with E-state index >= 15 is 4.39 Å². The van der Waals surface area contributed by atoms with Crippen molar-refractivity contribution in [2.24, 2.45) is 28.6 Å². The lowest BCUT2D eigenvalue weighted by Crippen LogP contribution is -2.69. The molecule has 3 fully saturated rings. The lowest BCUT2D eigenvalue weighted by molar-refractivity contribution is -0.219. The van der Waals surface area contributed by atoms with Gasteiger partial charge >= 0.3 is 0 Å². The van der Waals surface area contributed by atoms with Gasteiger partial charge in [-0.05, 0) is 56.1 Å². The molecule has 5 nitrogen and oxygen atoms in total. The number of hydrogen-bond acceptors (Lipinski definition) is 5. The van der Waals surface area contributed by atoms with E-state index in [4.69, 9.17) is 0 Å². The van der Waals surface area contributed by atoms with Gasteiger partial charge in [0.25, 0.3) is 0 Å². The van der Waals surface area contributed by atoms with Gasteiger partial charge in [0.1, 0.15) is 12.2 Å². The molecule has 3 N–H and O–H groups in total. The van der Waals surface area contributed by atoms with Crippen LogP contribution in [0, 0.1) is 28.6 Å². The minimum absolute atomic E-state index is 0.0825. The molecule has 0 amide bonds. The van der Waals surface area contributed by atoms with Crippen LogP contribution in [0.3, 0.4) is 0 Å². The van der Waals surface area contributed by atoms with Crippen molar-refractivity contribution in [2.75, 3.05) is 6.61 Å². The molecule has 3 saturated carbocycles. The first kappa shape index (κ1) is 20.8. The summed E-state index contributed by atoms with van der Waals surface area (Å²) in [6.45, 7) is 4.09. The third-order valence-electron chi connectivity index (χ3n) is 8.88. The van der Waals surface area contributed by atoms with Crippen LogP contribution in [-0.2, 0) is 9.59 Å². The number of carbonyl (C=O) groups excluding carboxylic acids is 2. The van der Waals surface area contributed by atoms with Crippen molar-refractivity contribution in [3.05, 3.63) is 23.6 Å². The van der Waals surface area contributed by atoms with Crippen LogP contribution in [0.4, 0.5) is 8.78 Å². The highest BCUT2D eigenvalue weighted by atomic mass is 19.1. The number of allylic oxidation sites excluding steroid dienone is 4. The van der Waals surface area contributed by atoms with E-state index in [2.05, 4.69) is 0 Å². The summed E-state index contributed by atoms with van der Waals surface area (Å²) in [5, 5.41) is 31.9. The van der Waals surface area contributed by atoms with Crippen molar-refractivity contribution in [3.63, 3.8) is 0 Å². The summed E-state index contributed by atoms with van der Waals surface area (Å²) in [5.41, 5.74) is -6.60. The zero-order valence-electron chi connectivity index (χ0n) is 16.9. The maximum atomic E-state index is 16.9. The standard InChI is InChI=1S/C22H28F2O5/c1-11-8-14-12-4-5-13-18(23)15(26)6-7-19(13,2)21(12,24)16(27)9-20(14,3)22(11,29)17(28)10-25/h6-7,11-12,14,16,25,27,29H,4-5,8-10H2,1-3H3/t11-,12+,14+,16+,19+,20+,21+,22+/m1/s1. The molecule has 160 valence electrons. The molecule has 4 aliphatic carbocycles. The summed E-state index contributed by atoms with van der Waals surface area (Å²) in [6.07, 6.45) is 1.40. The fraction of sp³-hybridized carbons (Fsp3) is 0.727. The summed E-state index contributed by atoms with van der Waals surface area (Å²) in [5.74, 6) is -4.12. The van der Waals surface area contributed by atoms with E-state index < -0.39 is 70.0 Å². The summed E-state index contributed by atoms with van der Waals surface area (Å²) >= 11 is 0. The summed E-state index contributed by atoms with van der Waals surface area (Å²) < 4.78 is 31.5. The quantitative estimate of drug-likeness (QED) is 0.649. The van der Waals surface area contributed by atoms with Crippen LogP contribution in [0.15, 0.2) is 23.6 Å². The van der Waals surface area contributed by atoms with Crippen LogP contribution in [0.2, 0.25) is 0 Å². The molecule has 8 atom stereocenters. The Hall–Kier alpha value is -1.44. The van der Waals surface area contributed by atoms with E-state index in [1.165, 1.54) is 13.0 Å². The van der Waals surface area contributed by atoms with Crippen LogP contribution >= 0.6 is 0 Å². The molecular weight excluding hydrogens is 382 g/mol. The maximum Gasteiger partial charge on any atom is 0.213 e. The number of halogens is 2. The predicted octanol–water partition coefficient (Wildman–Crippen LogP) is 2.19. The monoisotopic (exact) mass is 410 g/mol. The predicted molar refractivity (Wildman–Crippen MR) is 100.0 cm³/mol. The number of carbonyl (C=O) groups is 2. The van der Waals surface area contributed by atoms with Gasteiger partial charge in [-0.2, -0.15) is 0 Å². The molecule has 0 spiro atoms. The van der Waals surface area contributed by atoms with Crippen LogP contribution in [0.25, 0.3) is 0 Å². The van der Waals surface area contributed by atoms with Crippen molar-refractivity contribution in [2.45, 2.75) is 63.8 Å². The molecule has 7 heteroatoms. The Bertz CT molecular complexity index is 852. The maximum absolute atomic E-state index is 16.9. The topological polar surface area (TPSA) is 94.8 Å². The van der Waals surface area contributed by atoms with Crippen molar-refractivity contribution in [1.29, 1.82) is 0 Å². The van der Waals surface area contributed by atoms with Crippen LogP contribution < -0.4 is 0 Å². The molecule has 0 heterocycles. The van der Waals surface area contributed by atoms with Gasteiger partial charge in [-0.1, -0.05) is 19.9 Å². The molecule has 0 aromatic carbocycles. The second-order valence-corrected chi connectivity index (χ2v) is 9.83. The first-order chi connectivity index (χ1) is 13.4. The van der Waals surface area contributed by atoms with Gasteiger partial charge in [0.05, 0.1) is 6.10 Å². The Morgan fingerprint density at radius 1 is 1.31 bits per heavy atom. The largest absolute Gasteiger partial charge is 0.390 e. The fourth-order valence-corrected chi connectivity index (χ4v) is 7.34. The zero-order valence-corrected chi connectivity index (χ0v) is 16.9. The summed E-state index contributed by atoms with van der Waals surface area (Å²) in [7, 11) is 0. The number of ketones is 2. The van der Waals surface area contributed by atoms with Gasteiger partial charge in [-0.3, -0.25) is 9.59 Å². The first-order valence-corrected chi connectivity index (χ1v) is 10.3. The Labute approximate surface area is 168 Å². The number of fused-ring (bicyclic) bond motifs is 5. The van der Waals surface area contributed by atoms with Crippen molar-refractivity contribution in [1.82, 2.24) is 0 Å². The van der Waals surface area contributed by atoms with Crippen LogP contribution in [-0.4, -0.2) is 50.9 Å². The van der Waals surface area contributed by atoms with Gasteiger partial charge in [0, 0.05) is 16.7 Å². The average molecular weight is 410 g/mol. The van der Waals surface area contributed by atoms with Crippen molar-refractivity contribution < 1.29 is 33.7 Å². The van der Waals surface area contributed by atoms with E-state index in [0.29, 0.717) is 6.42 Å². The third-order valence-corrected chi connectivity index (χ3v) is 8.88. The van der Waals surface area contributed by atoms with Gasteiger partial charge in [-0.15, -0.1) is 0 Å². The molecule has 0 aromatic rings. The van der Waals surface area contributed by atoms with E-state index in [0.717, 1.165) is 6.08 Å². The molecule has 4 aliphatic rings. The van der Waals surface area contributed by atoms with Gasteiger partial charge < -0.3 is 15.3 Å². The number of aliphatic hydroxyl groups is 3. The van der Waals surface area contributed by atoms with Gasteiger partial charge in [-0.25, -0.2) is 8.78 Å². The molecule has 0 aliphatic heterocycles. The summed E-state index contributed by atoms with van der Waals surface area (Å²) in [6, 6.07) is 0. The third kappa shape index (κ3) is 2.14.